The van der Waals surface area contributed by atoms with Gasteiger partial charge in [-0.3, -0.25) is 4.68 Å². The number of hydrogen-bond acceptors (Lipinski definition) is 7. The van der Waals surface area contributed by atoms with Crippen molar-refractivity contribution in [2.24, 2.45) is 13.0 Å². The Hall–Kier alpha value is -3.12. The lowest BCUT2D eigenvalue weighted by Crippen LogP contribution is -2.17. The highest BCUT2D eigenvalue weighted by Crippen LogP contribution is 2.32. The van der Waals surface area contributed by atoms with Gasteiger partial charge < -0.3 is 19.4 Å². The number of aromatic nitrogens is 5. The lowest BCUT2D eigenvalue weighted by atomic mass is 10.1. The van der Waals surface area contributed by atoms with E-state index in [9.17, 15) is 5.26 Å². The van der Waals surface area contributed by atoms with E-state index in [2.05, 4.69) is 33.4 Å². The molecule has 4 rings (SSSR count). The second-order valence-corrected chi connectivity index (χ2v) is 7.38. The molecular formula is C19H23N7O2. The highest BCUT2D eigenvalue weighted by atomic mass is 16.5. The first-order chi connectivity index (χ1) is 13.5. The average molecular weight is 381 g/mol. The highest BCUT2D eigenvalue weighted by Gasteiger charge is 2.29. The minimum absolute atomic E-state index is 0.00174. The molecule has 1 N–H and O–H groups in total. The average Bonchev–Trinajstić information content (AvgIpc) is 3.31. The molecule has 0 bridgehead atoms. The van der Waals surface area contributed by atoms with Crippen LogP contribution in [0.3, 0.4) is 0 Å². The van der Waals surface area contributed by atoms with Crippen molar-refractivity contribution in [1.82, 2.24) is 24.3 Å². The monoisotopic (exact) mass is 381 g/mol. The number of ether oxygens (including phenoxy) is 2. The molecule has 0 aliphatic carbocycles. The summed E-state index contributed by atoms with van der Waals surface area (Å²) in [4.78, 5) is 9.09. The summed E-state index contributed by atoms with van der Waals surface area (Å²) in [6, 6.07) is 4.17. The van der Waals surface area contributed by atoms with Gasteiger partial charge in [0.1, 0.15) is 23.1 Å². The molecule has 1 fully saturated rings. The topological polar surface area (TPSA) is 103 Å². The predicted molar refractivity (Wildman–Crippen MR) is 104 cm³/mol. The van der Waals surface area contributed by atoms with E-state index in [1.54, 1.807) is 10.9 Å². The third kappa shape index (κ3) is 3.27. The number of fused-ring (bicyclic) bond motifs is 1. The number of rotatable bonds is 5. The third-order valence-electron chi connectivity index (χ3n) is 4.74. The molecule has 146 valence electrons. The molecule has 0 saturated carbocycles. The van der Waals surface area contributed by atoms with Gasteiger partial charge in [-0.15, -0.1) is 5.10 Å². The van der Waals surface area contributed by atoms with Crippen LogP contribution in [0.25, 0.3) is 11.0 Å². The van der Waals surface area contributed by atoms with E-state index in [1.165, 1.54) is 0 Å². The van der Waals surface area contributed by atoms with E-state index in [-0.39, 0.29) is 12.1 Å². The van der Waals surface area contributed by atoms with E-state index in [0.29, 0.717) is 48.0 Å². The molecule has 3 aromatic heterocycles. The van der Waals surface area contributed by atoms with Crippen molar-refractivity contribution in [2.75, 3.05) is 18.5 Å². The zero-order valence-corrected chi connectivity index (χ0v) is 16.4. The van der Waals surface area contributed by atoms with Crippen molar-refractivity contribution in [3.63, 3.8) is 0 Å². The highest BCUT2D eigenvalue weighted by molar-refractivity contribution is 5.79. The van der Waals surface area contributed by atoms with Crippen molar-refractivity contribution in [1.29, 1.82) is 5.26 Å². The molecule has 1 aliphatic rings. The Bertz CT molecular complexity index is 1050. The molecule has 0 unspecified atom stereocenters. The van der Waals surface area contributed by atoms with Crippen molar-refractivity contribution >= 4 is 22.7 Å². The molecule has 0 amide bonds. The van der Waals surface area contributed by atoms with Gasteiger partial charge in [0.15, 0.2) is 0 Å². The fraction of sp³-hybridized carbons (Fsp3) is 0.474. The fourth-order valence-electron chi connectivity index (χ4n) is 3.45. The molecule has 0 radical (unpaired) electrons. The summed E-state index contributed by atoms with van der Waals surface area (Å²) >= 11 is 0. The summed E-state index contributed by atoms with van der Waals surface area (Å²) in [5.74, 6) is 1.22. The zero-order chi connectivity index (χ0) is 19.8. The Labute approximate surface area is 162 Å². The Morgan fingerprint density at radius 1 is 1.39 bits per heavy atom. The molecule has 28 heavy (non-hydrogen) atoms. The van der Waals surface area contributed by atoms with Gasteiger partial charge in [-0.2, -0.15) is 10.2 Å². The number of nitrogens with zero attached hydrogens (tertiary/aromatic N) is 6. The van der Waals surface area contributed by atoms with Crippen molar-refractivity contribution in [3.8, 4) is 11.9 Å². The molecule has 9 heteroatoms. The van der Waals surface area contributed by atoms with Crippen molar-refractivity contribution in [2.45, 2.75) is 32.9 Å². The Balaban J connectivity index is 1.73. The summed E-state index contributed by atoms with van der Waals surface area (Å²) in [7, 11) is 1.83. The zero-order valence-electron chi connectivity index (χ0n) is 16.4. The van der Waals surface area contributed by atoms with Gasteiger partial charge in [-0.05, 0) is 19.9 Å². The van der Waals surface area contributed by atoms with Gasteiger partial charge in [0.25, 0.3) is 5.88 Å². The van der Waals surface area contributed by atoms with Gasteiger partial charge in [-0.1, -0.05) is 6.92 Å². The largest absolute Gasteiger partial charge is 0.472 e. The normalized spacial score (nSPS) is 19.3. The van der Waals surface area contributed by atoms with Crippen LogP contribution < -0.4 is 10.1 Å². The van der Waals surface area contributed by atoms with Crippen LogP contribution in [0.4, 0.5) is 11.6 Å². The maximum atomic E-state index is 9.59. The summed E-state index contributed by atoms with van der Waals surface area (Å²) < 4.78 is 15.0. The van der Waals surface area contributed by atoms with Crippen LogP contribution in [0.5, 0.6) is 5.88 Å². The molecule has 3 aromatic rings. The third-order valence-corrected chi connectivity index (χ3v) is 4.74. The van der Waals surface area contributed by atoms with Crippen molar-refractivity contribution < 1.29 is 9.47 Å². The van der Waals surface area contributed by atoms with Crippen LogP contribution in [-0.4, -0.2) is 43.6 Å². The Kier molecular flexibility index (Phi) is 4.65. The maximum absolute atomic E-state index is 9.59. The predicted octanol–water partition coefficient (Wildman–Crippen LogP) is 2.77. The van der Waals surface area contributed by atoms with Crippen LogP contribution in [-0.2, 0) is 11.8 Å². The molecular weight excluding hydrogens is 358 g/mol. The van der Waals surface area contributed by atoms with Gasteiger partial charge in [0.2, 0.25) is 5.95 Å². The van der Waals surface area contributed by atoms with E-state index >= 15 is 0 Å². The molecule has 0 aromatic carbocycles. The molecule has 1 saturated heterocycles. The van der Waals surface area contributed by atoms with E-state index in [4.69, 9.17) is 9.47 Å². The van der Waals surface area contributed by atoms with Gasteiger partial charge in [0, 0.05) is 24.5 Å². The SMILES string of the molecule is CC(C)Oc1nn(C)cc1Nc1ncc2cc(C#N)n([C@@H]3COC[C@@H]3C)c2n1. The van der Waals surface area contributed by atoms with Gasteiger partial charge in [0.05, 0.1) is 31.6 Å². The molecule has 9 nitrogen and oxygen atoms in total. The van der Waals surface area contributed by atoms with E-state index < -0.39 is 0 Å². The number of hydrogen-bond donors (Lipinski definition) is 1. The lowest BCUT2D eigenvalue weighted by molar-refractivity contribution is 0.182. The van der Waals surface area contributed by atoms with Crippen LogP contribution in [0.2, 0.25) is 0 Å². The van der Waals surface area contributed by atoms with Crippen LogP contribution in [0.1, 0.15) is 32.5 Å². The van der Waals surface area contributed by atoms with Crippen LogP contribution in [0, 0.1) is 17.2 Å². The summed E-state index contributed by atoms with van der Waals surface area (Å²) in [6.07, 6.45) is 3.54. The summed E-state index contributed by atoms with van der Waals surface area (Å²) in [5, 5.41) is 17.9. The second-order valence-electron chi connectivity index (χ2n) is 7.38. The number of nitriles is 1. The summed E-state index contributed by atoms with van der Waals surface area (Å²) in [5.41, 5.74) is 1.97. The first-order valence-corrected chi connectivity index (χ1v) is 9.29. The van der Waals surface area contributed by atoms with Gasteiger partial charge in [-0.25, -0.2) is 4.98 Å². The minimum Gasteiger partial charge on any atom is -0.472 e. The van der Waals surface area contributed by atoms with Crippen LogP contribution >= 0.6 is 0 Å². The van der Waals surface area contributed by atoms with E-state index in [0.717, 1.165) is 5.39 Å². The smallest absolute Gasteiger partial charge is 0.257 e. The van der Waals surface area contributed by atoms with E-state index in [1.807, 2.05) is 37.7 Å². The molecule has 1 aliphatic heterocycles. The number of nitrogens with one attached hydrogen (secondary N) is 1. The van der Waals surface area contributed by atoms with Gasteiger partial charge >= 0.3 is 0 Å². The fourth-order valence-corrected chi connectivity index (χ4v) is 3.45. The number of aryl methyl sites for hydroxylation is 1. The first-order valence-electron chi connectivity index (χ1n) is 9.29. The minimum atomic E-state index is -0.00174. The van der Waals surface area contributed by atoms with Crippen molar-refractivity contribution in [3.05, 3.63) is 24.2 Å². The second kappa shape index (κ2) is 7.13. The Morgan fingerprint density at radius 2 is 2.21 bits per heavy atom. The molecule has 4 heterocycles. The standard InChI is InChI=1S/C19H23N7O2/c1-11(2)28-18-15(8-25(4)24-18)22-19-21-7-13-5-14(6-20)26(17(13)23-19)16-10-27-9-12(16)3/h5,7-8,11-12,16H,9-10H2,1-4H3,(H,21,22,23)/t12-,16+/m0/s1. The Morgan fingerprint density at radius 3 is 2.89 bits per heavy atom. The lowest BCUT2D eigenvalue weighted by Gasteiger charge is -2.17. The maximum Gasteiger partial charge on any atom is 0.257 e. The number of anilines is 2. The summed E-state index contributed by atoms with van der Waals surface area (Å²) in [6.45, 7) is 7.26. The van der Waals surface area contributed by atoms with Crippen LogP contribution in [0.15, 0.2) is 18.5 Å². The quantitative estimate of drug-likeness (QED) is 0.725. The molecule has 2 atom stereocenters. The molecule has 0 spiro atoms. The first kappa shape index (κ1) is 18.3.